The molecule has 0 saturated carbocycles. The zero-order valence-electron chi connectivity index (χ0n) is 9.94. The van der Waals surface area contributed by atoms with Gasteiger partial charge >= 0.3 is 0 Å². The standard InChI is InChI=1S/C13H20N2O/c1-10(14)8-9-13(16)15-11(2)12-6-4-3-5-7-12/h3-7,10-11H,8-9,14H2,1-2H3,(H,15,16)/t10?,11-/m0/s1. The molecule has 0 heterocycles. The van der Waals surface area contributed by atoms with Crippen LogP contribution in [0.4, 0.5) is 0 Å². The minimum Gasteiger partial charge on any atom is -0.350 e. The number of nitrogens with two attached hydrogens (primary N) is 1. The Morgan fingerprint density at radius 2 is 1.94 bits per heavy atom. The molecular formula is C13H20N2O. The Hall–Kier alpha value is -1.35. The molecule has 0 aromatic heterocycles. The molecule has 3 N–H and O–H groups in total. The second-order valence-corrected chi connectivity index (χ2v) is 4.22. The molecule has 1 aromatic carbocycles. The fourth-order valence-electron chi connectivity index (χ4n) is 1.50. The average Bonchev–Trinajstić information content (AvgIpc) is 2.27. The molecule has 0 aliphatic carbocycles. The molecule has 3 nitrogen and oxygen atoms in total. The first kappa shape index (κ1) is 12.7. The summed E-state index contributed by atoms with van der Waals surface area (Å²) in [4.78, 5) is 11.6. The maximum atomic E-state index is 11.6. The Bertz CT molecular complexity index is 322. The number of rotatable bonds is 5. The van der Waals surface area contributed by atoms with Crippen molar-refractivity contribution < 1.29 is 4.79 Å². The summed E-state index contributed by atoms with van der Waals surface area (Å²) in [5.74, 6) is 0.0636. The van der Waals surface area contributed by atoms with E-state index < -0.39 is 0 Å². The second kappa shape index (κ2) is 6.28. The van der Waals surface area contributed by atoms with E-state index in [1.165, 1.54) is 0 Å². The Morgan fingerprint density at radius 3 is 2.50 bits per heavy atom. The fraction of sp³-hybridized carbons (Fsp3) is 0.462. The van der Waals surface area contributed by atoms with Crippen LogP contribution in [0.5, 0.6) is 0 Å². The summed E-state index contributed by atoms with van der Waals surface area (Å²) in [6, 6.07) is 10.1. The predicted molar refractivity (Wildman–Crippen MR) is 65.9 cm³/mol. The summed E-state index contributed by atoms with van der Waals surface area (Å²) in [6.45, 7) is 3.90. The molecule has 0 spiro atoms. The lowest BCUT2D eigenvalue weighted by Crippen LogP contribution is -2.28. The van der Waals surface area contributed by atoms with Gasteiger partial charge in [0.1, 0.15) is 0 Å². The van der Waals surface area contributed by atoms with Gasteiger partial charge in [-0.15, -0.1) is 0 Å². The van der Waals surface area contributed by atoms with E-state index in [1.54, 1.807) is 0 Å². The molecule has 1 rings (SSSR count). The molecule has 1 aromatic rings. The first-order valence-corrected chi connectivity index (χ1v) is 5.69. The number of hydrogen-bond donors (Lipinski definition) is 2. The van der Waals surface area contributed by atoms with Gasteiger partial charge in [-0.05, 0) is 25.8 Å². The van der Waals surface area contributed by atoms with Gasteiger partial charge in [0.05, 0.1) is 6.04 Å². The number of nitrogens with one attached hydrogen (secondary N) is 1. The number of amides is 1. The van der Waals surface area contributed by atoms with Crippen LogP contribution in [0.3, 0.4) is 0 Å². The van der Waals surface area contributed by atoms with Crippen LogP contribution in [0, 0.1) is 0 Å². The maximum absolute atomic E-state index is 11.6. The highest BCUT2D eigenvalue weighted by Gasteiger charge is 2.09. The van der Waals surface area contributed by atoms with Crippen LogP contribution in [0.25, 0.3) is 0 Å². The van der Waals surface area contributed by atoms with E-state index in [4.69, 9.17) is 5.73 Å². The van der Waals surface area contributed by atoms with Crippen molar-refractivity contribution >= 4 is 5.91 Å². The van der Waals surface area contributed by atoms with Crippen LogP contribution < -0.4 is 11.1 Å². The molecule has 0 aliphatic heterocycles. The predicted octanol–water partition coefficient (Wildman–Crippen LogP) is 1.99. The van der Waals surface area contributed by atoms with E-state index in [9.17, 15) is 4.79 Å². The summed E-state index contributed by atoms with van der Waals surface area (Å²) >= 11 is 0. The molecule has 2 atom stereocenters. The fourth-order valence-corrected chi connectivity index (χ4v) is 1.50. The van der Waals surface area contributed by atoms with E-state index >= 15 is 0 Å². The topological polar surface area (TPSA) is 55.1 Å². The lowest BCUT2D eigenvalue weighted by atomic mass is 10.1. The lowest BCUT2D eigenvalue weighted by molar-refractivity contribution is -0.121. The summed E-state index contributed by atoms with van der Waals surface area (Å²) in [5, 5.41) is 2.96. The van der Waals surface area contributed by atoms with E-state index in [-0.39, 0.29) is 18.0 Å². The van der Waals surface area contributed by atoms with Gasteiger partial charge in [-0.2, -0.15) is 0 Å². The molecule has 0 radical (unpaired) electrons. The normalized spacial score (nSPS) is 14.2. The zero-order chi connectivity index (χ0) is 12.0. The van der Waals surface area contributed by atoms with Crippen LogP contribution in [0.15, 0.2) is 30.3 Å². The largest absolute Gasteiger partial charge is 0.350 e. The highest BCUT2D eigenvalue weighted by atomic mass is 16.1. The highest BCUT2D eigenvalue weighted by Crippen LogP contribution is 2.11. The van der Waals surface area contributed by atoms with Crippen molar-refractivity contribution in [1.82, 2.24) is 5.32 Å². The molecule has 16 heavy (non-hydrogen) atoms. The molecule has 0 fully saturated rings. The molecular weight excluding hydrogens is 200 g/mol. The minimum absolute atomic E-state index is 0.0572. The summed E-state index contributed by atoms with van der Waals surface area (Å²) < 4.78 is 0. The molecule has 1 unspecified atom stereocenters. The third-order valence-electron chi connectivity index (χ3n) is 2.50. The smallest absolute Gasteiger partial charge is 0.220 e. The van der Waals surface area contributed by atoms with Crippen molar-refractivity contribution in [3.05, 3.63) is 35.9 Å². The van der Waals surface area contributed by atoms with E-state index in [0.717, 1.165) is 12.0 Å². The number of carbonyl (C=O) groups excluding carboxylic acids is 1. The minimum atomic E-state index is 0.0572. The van der Waals surface area contributed by atoms with Crippen LogP contribution in [-0.2, 0) is 4.79 Å². The maximum Gasteiger partial charge on any atom is 0.220 e. The second-order valence-electron chi connectivity index (χ2n) is 4.22. The van der Waals surface area contributed by atoms with Crippen LogP contribution in [-0.4, -0.2) is 11.9 Å². The number of carbonyl (C=O) groups is 1. The summed E-state index contributed by atoms with van der Waals surface area (Å²) in [6.07, 6.45) is 1.22. The Balaban J connectivity index is 2.40. The molecule has 1 amide bonds. The Morgan fingerprint density at radius 1 is 1.31 bits per heavy atom. The van der Waals surface area contributed by atoms with Crippen molar-refractivity contribution in [2.45, 2.75) is 38.8 Å². The van der Waals surface area contributed by atoms with Crippen molar-refractivity contribution in [3.8, 4) is 0 Å². The van der Waals surface area contributed by atoms with Crippen LogP contribution >= 0.6 is 0 Å². The quantitative estimate of drug-likeness (QED) is 0.797. The SMILES string of the molecule is CC(N)CCC(=O)N[C@@H](C)c1ccccc1. The third-order valence-corrected chi connectivity index (χ3v) is 2.50. The first-order valence-electron chi connectivity index (χ1n) is 5.69. The molecule has 0 bridgehead atoms. The van der Waals surface area contributed by atoms with Crippen LogP contribution in [0.1, 0.15) is 38.3 Å². The lowest BCUT2D eigenvalue weighted by Gasteiger charge is -2.14. The van der Waals surface area contributed by atoms with Gasteiger partial charge in [-0.3, -0.25) is 4.79 Å². The van der Waals surface area contributed by atoms with Crippen molar-refractivity contribution in [1.29, 1.82) is 0 Å². The summed E-state index contributed by atoms with van der Waals surface area (Å²) in [7, 11) is 0. The van der Waals surface area contributed by atoms with E-state index in [1.807, 2.05) is 44.2 Å². The average molecular weight is 220 g/mol. The molecule has 88 valence electrons. The molecule has 0 aliphatic rings. The van der Waals surface area contributed by atoms with Gasteiger partial charge in [0.2, 0.25) is 5.91 Å². The zero-order valence-corrected chi connectivity index (χ0v) is 9.94. The van der Waals surface area contributed by atoms with Gasteiger partial charge < -0.3 is 11.1 Å². The summed E-state index contributed by atoms with van der Waals surface area (Å²) in [5.41, 5.74) is 6.72. The van der Waals surface area contributed by atoms with Gasteiger partial charge in [0, 0.05) is 12.5 Å². The number of hydrogen-bond acceptors (Lipinski definition) is 2. The van der Waals surface area contributed by atoms with Gasteiger partial charge in [-0.1, -0.05) is 30.3 Å². The molecule has 3 heteroatoms. The third kappa shape index (κ3) is 4.45. The monoisotopic (exact) mass is 220 g/mol. The van der Waals surface area contributed by atoms with Crippen molar-refractivity contribution in [2.24, 2.45) is 5.73 Å². The Kier molecular flexibility index (Phi) is 4.99. The van der Waals surface area contributed by atoms with Crippen molar-refractivity contribution in [3.63, 3.8) is 0 Å². The molecule has 0 saturated heterocycles. The van der Waals surface area contributed by atoms with Gasteiger partial charge in [0.15, 0.2) is 0 Å². The van der Waals surface area contributed by atoms with Crippen LogP contribution in [0.2, 0.25) is 0 Å². The van der Waals surface area contributed by atoms with E-state index in [0.29, 0.717) is 6.42 Å². The highest BCUT2D eigenvalue weighted by molar-refractivity contribution is 5.76. The van der Waals surface area contributed by atoms with Gasteiger partial charge in [0.25, 0.3) is 0 Å². The first-order chi connectivity index (χ1) is 7.59. The number of benzene rings is 1. The van der Waals surface area contributed by atoms with E-state index in [2.05, 4.69) is 5.32 Å². The van der Waals surface area contributed by atoms with Crippen molar-refractivity contribution in [2.75, 3.05) is 0 Å². The Labute approximate surface area is 97.0 Å². The van der Waals surface area contributed by atoms with Gasteiger partial charge in [-0.25, -0.2) is 0 Å².